The zero-order chi connectivity index (χ0) is 18.6. The van der Waals surface area contributed by atoms with E-state index in [-0.39, 0.29) is 23.3 Å². The lowest BCUT2D eigenvalue weighted by Gasteiger charge is -2.15. The van der Waals surface area contributed by atoms with Gasteiger partial charge in [0.05, 0.1) is 22.2 Å². The highest BCUT2D eigenvalue weighted by atomic mass is 32.2. The van der Waals surface area contributed by atoms with Crippen LogP contribution in [0.4, 0.5) is 11.4 Å². The van der Waals surface area contributed by atoms with Crippen molar-refractivity contribution in [1.29, 1.82) is 0 Å². The minimum atomic E-state index is -3.70. The number of benzene rings is 2. The van der Waals surface area contributed by atoms with Crippen LogP contribution >= 0.6 is 11.8 Å². The number of sulfonamides is 1. The van der Waals surface area contributed by atoms with Gasteiger partial charge in [0, 0.05) is 5.69 Å². The van der Waals surface area contributed by atoms with Crippen LogP contribution < -0.4 is 10.0 Å². The Morgan fingerprint density at radius 3 is 2.50 bits per heavy atom. The van der Waals surface area contributed by atoms with E-state index in [2.05, 4.69) is 10.0 Å². The fourth-order valence-electron chi connectivity index (χ4n) is 2.39. The van der Waals surface area contributed by atoms with Crippen LogP contribution in [0.5, 0.6) is 0 Å². The van der Waals surface area contributed by atoms with Gasteiger partial charge in [0.15, 0.2) is 0 Å². The average molecular weight is 391 g/mol. The van der Waals surface area contributed by atoms with Crippen LogP contribution in [0.2, 0.25) is 0 Å². The van der Waals surface area contributed by atoms with Crippen molar-refractivity contribution in [1.82, 2.24) is 4.90 Å². The van der Waals surface area contributed by atoms with Crippen molar-refractivity contribution < 1.29 is 18.0 Å². The second-order valence-electron chi connectivity index (χ2n) is 5.62. The SMILES string of the molecule is O=C(CN1CSCC1=O)Nc1cccc(NS(=O)(=O)c2ccccc2)c1. The van der Waals surface area contributed by atoms with E-state index in [0.29, 0.717) is 23.0 Å². The maximum atomic E-state index is 12.4. The van der Waals surface area contributed by atoms with E-state index < -0.39 is 10.0 Å². The quantitative estimate of drug-likeness (QED) is 0.785. The Labute approximate surface area is 155 Å². The number of hydrogen-bond donors (Lipinski definition) is 2. The minimum Gasteiger partial charge on any atom is -0.324 e. The van der Waals surface area contributed by atoms with E-state index in [1.807, 2.05) is 0 Å². The molecule has 0 radical (unpaired) electrons. The van der Waals surface area contributed by atoms with Gasteiger partial charge in [0.25, 0.3) is 10.0 Å². The first kappa shape index (κ1) is 18.3. The molecule has 26 heavy (non-hydrogen) atoms. The molecule has 1 fully saturated rings. The third-order valence-corrected chi connectivity index (χ3v) is 5.95. The molecular formula is C17H17N3O4S2. The Kier molecular flexibility index (Phi) is 5.48. The van der Waals surface area contributed by atoms with E-state index >= 15 is 0 Å². The van der Waals surface area contributed by atoms with Crippen LogP contribution in [-0.4, -0.2) is 43.3 Å². The summed E-state index contributed by atoms with van der Waals surface area (Å²) in [6.07, 6.45) is 0. The van der Waals surface area contributed by atoms with Gasteiger partial charge < -0.3 is 10.2 Å². The summed E-state index contributed by atoms with van der Waals surface area (Å²) in [5, 5.41) is 2.68. The van der Waals surface area contributed by atoms with Gasteiger partial charge in [0.1, 0.15) is 6.54 Å². The molecule has 0 aromatic heterocycles. The number of hydrogen-bond acceptors (Lipinski definition) is 5. The minimum absolute atomic E-state index is 0.0220. The summed E-state index contributed by atoms with van der Waals surface area (Å²) in [5.74, 6) is 0.506. The van der Waals surface area contributed by atoms with E-state index in [9.17, 15) is 18.0 Å². The highest BCUT2D eigenvalue weighted by Crippen LogP contribution is 2.20. The molecule has 136 valence electrons. The fourth-order valence-corrected chi connectivity index (χ4v) is 4.36. The molecule has 1 aliphatic rings. The largest absolute Gasteiger partial charge is 0.324 e. The molecule has 3 rings (SSSR count). The first-order valence-corrected chi connectivity index (χ1v) is 10.4. The molecule has 2 amide bonds. The van der Waals surface area contributed by atoms with Crippen LogP contribution in [0.1, 0.15) is 0 Å². The summed E-state index contributed by atoms with van der Waals surface area (Å²) < 4.78 is 27.2. The maximum absolute atomic E-state index is 12.4. The second kappa shape index (κ2) is 7.79. The molecule has 0 unspecified atom stereocenters. The lowest BCUT2D eigenvalue weighted by molar-refractivity contribution is -0.130. The van der Waals surface area contributed by atoms with Crippen molar-refractivity contribution in [3.63, 3.8) is 0 Å². The van der Waals surface area contributed by atoms with Crippen LogP contribution in [0.15, 0.2) is 59.5 Å². The molecule has 0 spiro atoms. The maximum Gasteiger partial charge on any atom is 0.261 e. The summed E-state index contributed by atoms with van der Waals surface area (Å²) >= 11 is 1.46. The van der Waals surface area contributed by atoms with Crippen molar-refractivity contribution >= 4 is 45.0 Å². The average Bonchev–Trinajstić information content (AvgIpc) is 3.00. The Balaban J connectivity index is 1.66. The first-order chi connectivity index (χ1) is 12.4. The fraction of sp³-hybridized carbons (Fsp3) is 0.176. The number of anilines is 2. The lowest BCUT2D eigenvalue weighted by atomic mass is 10.3. The van der Waals surface area contributed by atoms with Gasteiger partial charge >= 0.3 is 0 Å². The molecule has 0 saturated carbocycles. The van der Waals surface area contributed by atoms with Crippen molar-refractivity contribution in [2.75, 3.05) is 28.2 Å². The Hall–Kier alpha value is -2.52. The molecule has 9 heteroatoms. The van der Waals surface area contributed by atoms with Gasteiger partial charge in [-0.1, -0.05) is 24.3 Å². The van der Waals surface area contributed by atoms with E-state index in [1.165, 1.54) is 34.9 Å². The van der Waals surface area contributed by atoms with Gasteiger partial charge in [-0.15, -0.1) is 11.8 Å². The Morgan fingerprint density at radius 1 is 1.08 bits per heavy atom. The zero-order valence-corrected chi connectivity index (χ0v) is 15.3. The van der Waals surface area contributed by atoms with Gasteiger partial charge in [-0.3, -0.25) is 14.3 Å². The Morgan fingerprint density at radius 2 is 1.81 bits per heavy atom. The topological polar surface area (TPSA) is 95.6 Å². The van der Waals surface area contributed by atoms with Gasteiger partial charge in [0.2, 0.25) is 11.8 Å². The number of carbonyl (C=O) groups excluding carboxylic acids is 2. The second-order valence-corrected chi connectivity index (χ2v) is 8.25. The van der Waals surface area contributed by atoms with Crippen LogP contribution in [0, 0.1) is 0 Å². The lowest BCUT2D eigenvalue weighted by Crippen LogP contribution is -2.34. The monoisotopic (exact) mass is 391 g/mol. The summed E-state index contributed by atoms with van der Waals surface area (Å²) in [6, 6.07) is 14.4. The summed E-state index contributed by atoms with van der Waals surface area (Å²) in [5.41, 5.74) is 0.780. The molecular weight excluding hydrogens is 374 g/mol. The molecule has 7 nitrogen and oxygen atoms in total. The van der Waals surface area contributed by atoms with Gasteiger partial charge in [-0.05, 0) is 30.3 Å². The molecule has 1 saturated heterocycles. The molecule has 1 heterocycles. The smallest absolute Gasteiger partial charge is 0.261 e. The number of nitrogens with zero attached hydrogens (tertiary/aromatic N) is 1. The third-order valence-electron chi connectivity index (χ3n) is 3.61. The number of amides is 2. The van der Waals surface area contributed by atoms with E-state index in [4.69, 9.17) is 0 Å². The standard InChI is InChI=1S/C17H17N3O4S2/c21-16(10-20-12-25-11-17(20)22)18-13-5-4-6-14(9-13)19-26(23,24)15-7-2-1-3-8-15/h1-9,19H,10-12H2,(H,18,21). The van der Waals surface area contributed by atoms with Crippen molar-refractivity contribution in [3.05, 3.63) is 54.6 Å². The molecule has 0 atom stereocenters. The number of nitrogens with one attached hydrogen (secondary N) is 2. The molecule has 2 aromatic rings. The number of thioether (sulfide) groups is 1. The van der Waals surface area contributed by atoms with Crippen molar-refractivity contribution in [3.8, 4) is 0 Å². The molecule has 0 bridgehead atoms. The van der Waals surface area contributed by atoms with Crippen LogP contribution in [0.25, 0.3) is 0 Å². The predicted octanol–water partition coefficient (Wildman–Crippen LogP) is 1.96. The predicted molar refractivity (Wildman–Crippen MR) is 101 cm³/mol. The highest BCUT2D eigenvalue weighted by Gasteiger charge is 2.23. The van der Waals surface area contributed by atoms with E-state index in [1.54, 1.807) is 36.4 Å². The summed E-state index contributed by atoms with van der Waals surface area (Å²) in [4.78, 5) is 25.3. The molecule has 2 aromatic carbocycles. The zero-order valence-electron chi connectivity index (χ0n) is 13.7. The van der Waals surface area contributed by atoms with Crippen molar-refractivity contribution in [2.24, 2.45) is 0 Å². The van der Waals surface area contributed by atoms with Gasteiger partial charge in [-0.25, -0.2) is 8.42 Å². The first-order valence-electron chi connectivity index (χ1n) is 7.77. The van der Waals surface area contributed by atoms with E-state index in [0.717, 1.165) is 0 Å². The normalized spacial score (nSPS) is 14.3. The molecule has 0 aliphatic carbocycles. The summed E-state index contributed by atoms with van der Waals surface area (Å²) in [7, 11) is -3.70. The van der Waals surface area contributed by atoms with Crippen LogP contribution in [-0.2, 0) is 19.6 Å². The number of rotatable bonds is 6. The Bertz CT molecular complexity index is 917. The van der Waals surface area contributed by atoms with Crippen molar-refractivity contribution in [2.45, 2.75) is 4.90 Å². The van der Waals surface area contributed by atoms with Gasteiger partial charge in [-0.2, -0.15) is 0 Å². The molecule has 1 aliphatic heterocycles. The highest BCUT2D eigenvalue weighted by molar-refractivity contribution is 8.00. The molecule has 2 N–H and O–H groups in total. The number of carbonyl (C=O) groups is 2. The summed E-state index contributed by atoms with van der Waals surface area (Å²) in [6.45, 7) is -0.0220. The third kappa shape index (κ3) is 4.55. The van der Waals surface area contributed by atoms with Crippen LogP contribution in [0.3, 0.4) is 0 Å².